The van der Waals surface area contributed by atoms with Gasteiger partial charge in [0, 0.05) is 24.5 Å². The number of amides is 1. The smallest absolute Gasteiger partial charge is 0.336 e. The lowest BCUT2D eigenvalue weighted by Crippen LogP contribution is -2.43. The van der Waals surface area contributed by atoms with Crippen molar-refractivity contribution in [3.8, 4) is 0 Å². The third-order valence-electron chi connectivity index (χ3n) is 4.55. The van der Waals surface area contributed by atoms with E-state index in [0.29, 0.717) is 17.4 Å². The van der Waals surface area contributed by atoms with Crippen molar-refractivity contribution in [2.24, 2.45) is 11.8 Å². The molecule has 0 N–H and O–H groups in total. The van der Waals surface area contributed by atoms with Gasteiger partial charge < -0.3 is 9.32 Å². The summed E-state index contributed by atoms with van der Waals surface area (Å²) >= 11 is 0. The molecule has 0 saturated carbocycles. The van der Waals surface area contributed by atoms with Crippen LogP contribution >= 0.6 is 0 Å². The molecule has 4 heteroatoms. The first-order chi connectivity index (χ1) is 10.9. The standard InChI is InChI=1S/C19H23NO3/c1-12-4-5-16-15(9-19(22)23-17(16)7-12)8-18(21)20-10-13(2)6-14(3)11-20/h4-5,7,9,13-14H,6,8,10-11H2,1-3H3/t13-,14-/m0/s1. The second-order valence-electron chi connectivity index (χ2n) is 7.01. The van der Waals surface area contributed by atoms with Gasteiger partial charge in [-0.3, -0.25) is 4.79 Å². The van der Waals surface area contributed by atoms with E-state index in [1.54, 1.807) is 0 Å². The highest BCUT2D eigenvalue weighted by molar-refractivity contribution is 5.87. The Hall–Kier alpha value is -2.10. The highest BCUT2D eigenvalue weighted by atomic mass is 16.4. The number of benzene rings is 1. The van der Waals surface area contributed by atoms with Crippen molar-refractivity contribution >= 4 is 16.9 Å². The zero-order valence-electron chi connectivity index (χ0n) is 14.0. The van der Waals surface area contributed by atoms with E-state index in [0.717, 1.165) is 29.6 Å². The van der Waals surface area contributed by atoms with Crippen LogP contribution in [0.25, 0.3) is 11.0 Å². The van der Waals surface area contributed by atoms with E-state index in [-0.39, 0.29) is 12.3 Å². The minimum absolute atomic E-state index is 0.0934. The van der Waals surface area contributed by atoms with Crippen LogP contribution in [0.15, 0.2) is 33.5 Å². The molecule has 23 heavy (non-hydrogen) atoms. The van der Waals surface area contributed by atoms with Crippen LogP contribution in [0, 0.1) is 18.8 Å². The first-order valence-electron chi connectivity index (χ1n) is 8.23. The SMILES string of the molecule is Cc1ccc2c(CC(=O)N3C[C@@H](C)C[C@H](C)C3)cc(=O)oc2c1. The number of rotatable bonds is 2. The van der Waals surface area contributed by atoms with Gasteiger partial charge in [0.1, 0.15) is 5.58 Å². The number of hydrogen-bond donors (Lipinski definition) is 0. The molecule has 1 aromatic heterocycles. The van der Waals surface area contributed by atoms with Crippen molar-refractivity contribution < 1.29 is 9.21 Å². The third kappa shape index (κ3) is 3.46. The number of piperidine rings is 1. The molecule has 2 aromatic rings. The minimum atomic E-state index is -0.397. The van der Waals surface area contributed by atoms with E-state index < -0.39 is 5.63 Å². The van der Waals surface area contributed by atoms with Crippen LogP contribution in [-0.4, -0.2) is 23.9 Å². The van der Waals surface area contributed by atoms with Crippen LogP contribution in [0.4, 0.5) is 0 Å². The van der Waals surface area contributed by atoms with E-state index >= 15 is 0 Å². The lowest BCUT2D eigenvalue weighted by Gasteiger charge is -2.35. The normalized spacial score (nSPS) is 21.6. The quantitative estimate of drug-likeness (QED) is 0.800. The molecule has 0 unspecified atom stereocenters. The van der Waals surface area contributed by atoms with Gasteiger partial charge in [0.15, 0.2) is 0 Å². The van der Waals surface area contributed by atoms with Crippen LogP contribution in [-0.2, 0) is 11.2 Å². The molecule has 1 amide bonds. The molecule has 1 aliphatic heterocycles. The van der Waals surface area contributed by atoms with Gasteiger partial charge in [0.25, 0.3) is 0 Å². The van der Waals surface area contributed by atoms with Crippen LogP contribution in [0.1, 0.15) is 31.4 Å². The Bertz CT molecular complexity index is 783. The van der Waals surface area contributed by atoms with E-state index in [9.17, 15) is 9.59 Å². The molecule has 1 fully saturated rings. The average molecular weight is 313 g/mol. The summed E-state index contributed by atoms with van der Waals surface area (Å²) < 4.78 is 5.26. The van der Waals surface area contributed by atoms with Gasteiger partial charge in [-0.15, -0.1) is 0 Å². The highest BCUT2D eigenvalue weighted by Crippen LogP contribution is 2.23. The van der Waals surface area contributed by atoms with Crippen molar-refractivity contribution in [2.45, 2.75) is 33.6 Å². The Labute approximate surface area is 136 Å². The number of carbonyl (C=O) groups excluding carboxylic acids is 1. The molecule has 0 radical (unpaired) electrons. The first kappa shape index (κ1) is 15.8. The topological polar surface area (TPSA) is 50.5 Å². The summed E-state index contributed by atoms with van der Waals surface area (Å²) in [6, 6.07) is 7.20. The predicted molar refractivity (Wildman–Crippen MR) is 90.5 cm³/mol. The third-order valence-corrected chi connectivity index (χ3v) is 4.55. The lowest BCUT2D eigenvalue weighted by molar-refractivity contribution is -0.133. The van der Waals surface area contributed by atoms with Gasteiger partial charge >= 0.3 is 5.63 Å². The molecule has 1 saturated heterocycles. The van der Waals surface area contributed by atoms with E-state index in [2.05, 4.69) is 13.8 Å². The summed E-state index contributed by atoms with van der Waals surface area (Å²) in [7, 11) is 0. The molecule has 0 bridgehead atoms. The predicted octanol–water partition coefficient (Wildman–Crippen LogP) is 3.15. The Balaban J connectivity index is 1.89. The van der Waals surface area contributed by atoms with Crippen LogP contribution in [0.5, 0.6) is 0 Å². The van der Waals surface area contributed by atoms with Crippen molar-refractivity contribution in [1.29, 1.82) is 0 Å². The zero-order valence-corrected chi connectivity index (χ0v) is 14.0. The maximum atomic E-state index is 12.7. The summed E-state index contributed by atoms with van der Waals surface area (Å²) in [4.78, 5) is 26.4. The summed E-state index contributed by atoms with van der Waals surface area (Å²) in [6.07, 6.45) is 1.42. The van der Waals surface area contributed by atoms with Gasteiger partial charge in [0.2, 0.25) is 5.91 Å². The molecule has 0 aliphatic carbocycles. The molecule has 1 aliphatic rings. The average Bonchev–Trinajstić information content (AvgIpc) is 2.45. The first-order valence-corrected chi connectivity index (χ1v) is 8.23. The van der Waals surface area contributed by atoms with Crippen LogP contribution < -0.4 is 5.63 Å². The second kappa shape index (κ2) is 6.19. The monoisotopic (exact) mass is 313 g/mol. The highest BCUT2D eigenvalue weighted by Gasteiger charge is 2.25. The number of nitrogens with zero attached hydrogens (tertiary/aromatic N) is 1. The van der Waals surface area contributed by atoms with Gasteiger partial charge in [0.05, 0.1) is 6.42 Å². The Morgan fingerprint density at radius 3 is 2.61 bits per heavy atom. The molecular weight excluding hydrogens is 290 g/mol. The molecule has 2 heterocycles. The van der Waals surface area contributed by atoms with E-state index in [1.807, 2.05) is 30.0 Å². The fourth-order valence-electron chi connectivity index (χ4n) is 3.62. The van der Waals surface area contributed by atoms with E-state index in [1.165, 1.54) is 12.5 Å². The van der Waals surface area contributed by atoms with Crippen LogP contribution in [0.2, 0.25) is 0 Å². The fourth-order valence-corrected chi connectivity index (χ4v) is 3.62. The van der Waals surface area contributed by atoms with Crippen molar-refractivity contribution in [1.82, 2.24) is 4.90 Å². The zero-order chi connectivity index (χ0) is 16.6. The Kier molecular flexibility index (Phi) is 4.24. The van der Waals surface area contributed by atoms with Gasteiger partial charge in [-0.1, -0.05) is 26.0 Å². The molecule has 4 nitrogen and oxygen atoms in total. The maximum Gasteiger partial charge on any atom is 0.336 e. The molecule has 0 spiro atoms. The maximum absolute atomic E-state index is 12.7. The van der Waals surface area contributed by atoms with Crippen molar-refractivity contribution in [3.63, 3.8) is 0 Å². The van der Waals surface area contributed by atoms with Gasteiger partial charge in [-0.2, -0.15) is 0 Å². The number of aryl methyl sites for hydroxylation is 1. The lowest BCUT2D eigenvalue weighted by atomic mass is 9.91. The number of hydrogen-bond acceptors (Lipinski definition) is 3. The van der Waals surface area contributed by atoms with E-state index in [4.69, 9.17) is 4.42 Å². The Morgan fingerprint density at radius 2 is 1.91 bits per heavy atom. The summed E-state index contributed by atoms with van der Waals surface area (Å²) in [5, 5.41) is 0.849. The second-order valence-corrected chi connectivity index (χ2v) is 7.01. The largest absolute Gasteiger partial charge is 0.423 e. The number of carbonyl (C=O) groups is 1. The summed E-state index contributed by atoms with van der Waals surface area (Å²) in [6.45, 7) is 7.94. The van der Waals surface area contributed by atoms with Gasteiger partial charge in [-0.05, 0) is 42.4 Å². The van der Waals surface area contributed by atoms with Gasteiger partial charge in [-0.25, -0.2) is 4.79 Å². The summed E-state index contributed by atoms with van der Waals surface area (Å²) in [5.41, 5.74) is 1.95. The van der Waals surface area contributed by atoms with Crippen LogP contribution in [0.3, 0.4) is 0 Å². The molecule has 2 atom stereocenters. The number of likely N-dealkylation sites (tertiary alicyclic amines) is 1. The molecule has 1 aromatic carbocycles. The molecular formula is C19H23NO3. The summed E-state index contributed by atoms with van der Waals surface area (Å²) in [5.74, 6) is 1.15. The number of fused-ring (bicyclic) bond motifs is 1. The van der Waals surface area contributed by atoms with Crippen molar-refractivity contribution in [2.75, 3.05) is 13.1 Å². The molecule has 3 rings (SSSR count). The fraction of sp³-hybridized carbons (Fsp3) is 0.474. The minimum Gasteiger partial charge on any atom is -0.423 e. The Morgan fingerprint density at radius 1 is 1.22 bits per heavy atom. The molecule has 122 valence electrons. The van der Waals surface area contributed by atoms with Crippen molar-refractivity contribution in [3.05, 3.63) is 45.8 Å².